The van der Waals surface area contributed by atoms with E-state index in [1.54, 1.807) is 6.20 Å². The van der Waals surface area contributed by atoms with Crippen LogP contribution in [-0.2, 0) is 0 Å². The van der Waals surface area contributed by atoms with E-state index in [1.807, 2.05) is 44.9 Å². The van der Waals surface area contributed by atoms with Crippen molar-refractivity contribution in [2.75, 3.05) is 18.9 Å². The van der Waals surface area contributed by atoms with Crippen LogP contribution in [0, 0.1) is 6.92 Å². The van der Waals surface area contributed by atoms with Gasteiger partial charge in [0.25, 0.3) is 5.91 Å². The van der Waals surface area contributed by atoms with Gasteiger partial charge in [0.1, 0.15) is 17.1 Å². The molecule has 1 atom stereocenters. The summed E-state index contributed by atoms with van der Waals surface area (Å²) in [6.45, 7) is 6.61. The van der Waals surface area contributed by atoms with E-state index in [0.717, 1.165) is 36.5 Å². The number of nitrogens with zero attached hydrogens (tertiary/aromatic N) is 3. The third-order valence-electron chi connectivity index (χ3n) is 4.59. The smallest absolute Gasteiger partial charge is 0.259 e. The van der Waals surface area contributed by atoms with Gasteiger partial charge in [0.15, 0.2) is 0 Å². The molecule has 0 spiro atoms. The maximum Gasteiger partial charge on any atom is 0.259 e. The number of rotatable bonds is 4. The molecule has 0 bridgehead atoms. The molecular formula is C18H24N4O2. The molecule has 1 aliphatic rings. The first-order chi connectivity index (χ1) is 11.5. The molecule has 6 nitrogen and oxygen atoms in total. The van der Waals surface area contributed by atoms with Gasteiger partial charge in [-0.1, -0.05) is 19.0 Å². The van der Waals surface area contributed by atoms with E-state index in [1.165, 1.54) is 0 Å². The second kappa shape index (κ2) is 6.63. The number of hydrogen-bond acceptors (Lipinski definition) is 5. The summed E-state index contributed by atoms with van der Waals surface area (Å²) in [4.78, 5) is 19.4. The number of carbonyl (C=O) groups excluding carboxylic acids is 1. The maximum absolute atomic E-state index is 13.2. The van der Waals surface area contributed by atoms with Gasteiger partial charge in [0.05, 0.1) is 11.7 Å². The zero-order chi connectivity index (χ0) is 17.3. The van der Waals surface area contributed by atoms with Crippen molar-refractivity contribution in [3.8, 4) is 0 Å². The topological polar surface area (TPSA) is 71.3 Å². The van der Waals surface area contributed by atoms with Crippen molar-refractivity contribution in [3.05, 3.63) is 40.9 Å². The van der Waals surface area contributed by atoms with Gasteiger partial charge in [-0.15, -0.1) is 0 Å². The number of likely N-dealkylation sites (tertiary alicyclic amines) is 1. The SMILES string of the molecule is CNc1cc([C@H]2CCCN2C(=O)c2c(C(C)C)noc2C)ccn1. The lowest BCUT2D eigenvalue weighted by Crippen LogP contribution is -2.31. The number of amides is 1. The van der Waals surface area contributed by atoms with Crippen molar-refractivity contribution in [1.82, 2.24) is 15.0 Å². The van der Waals surface area contributed by atoms with E-state index >= 15 is 0 Å². The van der Waals surface area contributed by atoms with Crippen LogP contribution in [0.15, 0.2) is 22.9 Å². The highest BCUT2D eigenvalue weighted by atomic mass is 16.5. The normalized spacial score (nSPS) is 17.5. The number of anilines is 1. The summed E-state index contributed by atoms with van der Waals surface area (Å²) in [5.41, 5.74) is 2.48. The second-order valence-electron chi connectivity index (χ2n) is 6.53. The first-order valence-electron chi connectivity index (χ1n) is 8.43. The van der Waals surface area contributed by atoms with E-state index in [9.17, 15) is 4.79 Å². The quantitative estimate of drug-likeness (QED) is 0.930. The van der Waals surface area contributed by atoms with Crippen LogP contribution < -0.4 is 5.32 Å². The van der Waals surface area contributed by atoms with E-state index in [4.69, 9.17) is 4.52 Å². The fourth-order valence-corrected chi connectivity index (χ4v) is 3.33. The molecule has 3 rings (SSSR count). The summed E-state index contributed by atoms with van der Waals surface area (Å²) in [6.07, 6.45) is 3.74. The minimum Gasteiger partial charge on any atom is -0.373 e. The molecular weight excluding hydrogens is 304 g/mol. The van der Waals surface area contributed by atoms with Crippen molar-refractivity contribution in [1.29, 1.82) is 0 Å². The molecule has 6 heteroatoms. The van der Waals surface area contributed by atoms with Gasteiger partial charge in [-0.25, -0.2) is 4.98 Å². The minimum atomic E-state index is 0.0165. The molecule has 24 heavy (non-hydrogen) atoms. The van der Waals surface area contributed by atoms with E-state index in [2.05, 4.69) is 15.5 Å². The lowest BCUT2D eigenvalue weighted by molar-refractivity contribution is 0.0732. The van der Waals surface area contributed by atoms with Gasteiger partial charge in [0.2, 0.25) is 0 Å². The number of hydrogen-bond donors (Lipinski definition) is 1. The third-order valence-corrected chi connectivity index (χ3v) is 4.59. The lowest BCUT2D eigenvalue weighted by Gasteiger charge is -2.25. The van der Waals surface area contributed by atoms with Crippen molar-refractivity contribution >= 4 is 11.7 Å². The standard InChI is InChI=1S/C18H24N4O2/c1-11(2)17-16(12(3)24-21-17)18(23)22-9-5-6-14(22)13-7-8-20-15(10-13)19-4/h7-8,10-11,14H,5-6,9H2,1-4H3,(H,19,20)/t14-/m1/s1. The van der Waals surface area contributed by atoms with Crippen LogP contribution in [0.4, 0.5) is 5.82 Å². The number of carbonyl (C=O) groups is 1. The Hall–Kier alpha value is -2.37. The van der Waals surface area contributed by atoms with Crippen LogP contribution in [0.1, 0.15) is 66.0 Å². The van der Waals surface area contributed by atoms with Crippen LogP contribution in [0.25, 0.3) is 0 Å². The Labute approximate surface area is 142 Å². The highest BCUT2D eigenvalue weighted by molar-refractivity contribution is 5.96. The Balaban J connectivity index is 1.93. The number of pyridine rings is 1. The largest absolute Gasteiger partial charge is 0.373 e. The van der Waals surface area contributed by atoms with Gasteiger partial charge < -0.3 is 14.7 Å². The Morgan fingerprint density at radius 3 is 2.96 bits per heavy atom. The Bertz CT molecular complexity index is 738. The number of aromatic nitrogens is 2. The zero-order valence-corrected chi connectivity index (χ0v) is 14.7. The third kappa shape index (κ3) is 2.88. The molecule has 0 aliphatic carbocycles. The molecule has 0 saturated carbocycles. The summed E-state index contributed by atoms with van der Waals surface area (Å²) < 4.78 is 5.30. The highest BCUT2D eigenvalue weighted by Gasteiger charge is 2.34. The Morgan fingerprint density at radius 1 is 1.46 bits per heavy atom. The molecule has 0 radical (unpaired) electrons. The van der Waals surface area contributed by atoms with Crippen LogP contribution in [-0.4, -0.2) is 34.5 Å². The molecule has 0 unspecified atom stereocenters. The summed E-state index contributed by atoms with van der Waals surface area (Å²) in [5, 5.41) is 7.15. The van der Waals surface area contributed by atoms with Crippen LogP contribution in [0.5, 0.6) is 0 Å². The monoisotopic (exact) mass is 328 g/mol. The first-order valence-corrected chi connectivity index (χ1v) is 8.43. The minimum absolute atomic E-state index is 0.0165. The Kier molecular flexibility index (Phi) is 4.55. The van der Waals surface area contributed by atoms with Crippen LogP contribution >= 0.6 is 0 Å². The summed E-state index contributed by atoms with van der Waals surface area (Å²) in [5.74, 6) is 1.58. The van der Waals surface area contributed by atoms with Crippen molar-refractivity contribution in [3.63, 3.8) is 0 Å². The van der Waals surface area contributed by atoms with Crippen LogP contribution in [0.2, 0.25) is 0 Å². The van der Waals surface area contributed by atoms with Crippen molar-refractivity contribution < 1.29 is 9.32 Å². The molecule has 1 N–H and O–H groups in total. The molecule has 0 aromatic carbocycles. The second-order valence-corrected chi connectivity index (χ2v) is 6.53. The van der Waals surface area contributed by atoms with Crippen molar-refractivity contribution in [2.24, 2.45) is 0 Å². The fourth-order valence-electron chi connectivity index (χ4n) is 3.33. The molecule has 128 valence electrons. The molecule has 1 saturated heterocycles. The van der Waals surface area contributed by atoms with Gasteiger partial charge in [-0.05, 0) is 43.4 Å². The predicted molar refractivity (Wildman–Crippen MR) is 92.1 cm³/mol. The van der Waals surface area contributed by atoms with Crippen molar-refractivity contribution in [2.45, 2.75) is 45.6 Å². The van der Waals surface area contributed by atoms with E-state index in [-0.39, 0.29) is 17.9 Å². The average molecular weight is 328 g/mol. The molecule has 2 aromatic heterocycles. The molecule has 1 aliphatic heterocycles. The highest BCUT2D eigenvalue weighted by Crippen LogP contribution is 2.35. The van der Waals surface area contributed by atoms with Gasteiger partial charge in [0, 0.05) is 19.8 Å². The van der Waals surface area contributed by atoms with Crippen LogP contribution in [0.3, 0.4) is 0 Å². The molecule has 1 fully saturated rings. The lowest BCUT2D eigenvalue weighted by atomic mass is 10.0. The number of aryl methyl sites for hydroxylation is 1. The number of nitrogens with one attached hydrogen (secondary N) is 1. The fraction of sp³-hybridized carbons (Fsp3) is 0.500. The van der Waals surface area contributed by atoms with Gasteiger partial charge in [-0.2, -0.15) is 0 Å². The molecule has 3 heterocycles. The predicted octanol–water partition coefficient (Wildman–Crippen LogP) is 3.52. The molecule has 2 aromatic rings. The zero-order valence-electron chi connectivity index (χ0n) is 14.7. The van der Waals surface area contributed by atoms with Gasteiger partial charge in [-0.3, -0.25) is 4.79 Å². The first kappa shape index (κ1) is 16.5. The van der Waals surface area contributed by atoms with Gasteiger partial charge >= 0.3 is 0 Å². The van der Waals surface area contributed by atoms with E-state index < -0.39 is 0 Å². The molecule has 1 amide bonds. The van der Waals surface area contributed by atoms with E-state index in [0.29, 0.717) is 11.3 Å². The summed E-state index contributed by atoms with van der Waals surface area (Å²) in [7, 11) is 1.85. The summed E-state index contributed by atoms with van der Waals surface area (Å²) >= 11 is 0. The average Bonchev–Trinajstić information content (AvgIpc) is 3.21. The maximum atomic E-state index is 13.2. The Morgan fingerprint density at radius 2 is 2.25 bits per heavy atom. The summed E-state index contributed by atoms with van der Waals surface area (Å²) in [6, 6.07) is 4.07.